The summed E-state index contributed by atoms with van der Waals surface area (Å²) in [5.74, 6) is 1.37. The highest BCUT2D eigenvalue weighted by Gasteiger charge is 2.38. The minimum atomic E-state index is -0.165. The van der Waals surface area contributed by atoms with Gasteiger partial charge in [0.2, 0.25) is 5.91 Å². The highest BCUT2D eigenvalue weighted by molar-refractivity contribution is 5.99. The van der Waals surface area contributed by atoms with Crippen LogP contribution in [0.3, 0.4) is 0 Å². The van der Waals surface area contributed by atoms with Gasteiger partial charge in [-0.1, -0.05) is 49.2 Å². The number of carbonyl (C=O) groups is 2. The van der Waals surface area contributed by atoms with Crippen molar-refractivity contribution < 1.29 is 19.1 Å². The third-order valence-corrected chi connectivity index (χ3v) is 7.41. The van der Waals surface area contributed by atoms with Crippen LogP contribution in [-0.2, 0) is 4.79 Å². The van der Waals surface area contributed by atoms with Gasteiger partial charge in [0.25, 0.3) is 5.91 Å². The van der Waals surface area contributed by atoms with Gasteiger partial charge in [-0.25, -0.2) is 0 Å². The van der Waals surface area contributed by atoms with Crippen molar-refractivity contribution in [3.63, 3.8) is 0 Å². The third kappa shape index (κ3) is 5.61. The first-order valence-corrected chi connectivity index (χ1v) is 12.6. The molecule has 1 N–H and O–H groups in total. The molecule has 0 spiro atoms. The zero-order valence-electron chi connectivity index (χ0n) is 21.0. The van der Waals surface area contributed by atoms with Gasteiger partial charge in [0.1, 0.15) is 17.1 Å². The van der Waals surface area contributed by atoms with E-state index < -0.39 is 0 Å². The molecule has 2 unspecified atom stereocenters. The van der Waals surface area contributed by atoms with Gasteiger partial charge in [0.05, 0.1) is 26.3 Å². The van der Waals surface area contributed by atoms with Crippen LogP contribution in [0.25, 0.3) is 0 Å². The average molecular weight is 480 g/mol. The van der Waals surface area contributed by atoms with Crippen LogP contribution >= 0.6 is 0 Å². The molecule has 1 aliphatic carbocycles. The van der Waals surface area contributed by atoms with E-state index in [1.165, 1.54) is 12.8 Å². The summed E-state index contributed by atoms with van der Waals surface area (Å²) in [7, 11) is 3.12. The Kier molecular flexibility index (Phi) is 8.29. The smallest absolute Gasteiger partial charge is 0.261 e. The van der Waals surface area contributed by atoms with Gasteiger partial charge >= 0.3 is 0 Å². The monoisotopic (exact) mass is 479 g/mol. The number of rotatable bonds is 8. The largest absolute Gasteiger partial charge is 0.496 e. The Morgan fingerprint density at radius 3 is 2.06 bits per heavy atom. The van der Waals surface area contributed by atoms with Crippen LogP contribution in [-0.4, -0.2) is 68.1 Å². The third-order valence-electron chi connectivity index (χ3n) is 7.41. The second-order valence-electron chi connectivity index (χ2n) is 9.50. The minimum Gasteiger partial charge on any atom is -0.496 e. The number of hydrogen-bond acceptors (Lipinski definition) is 5. The van der Waals surface area contributed by atoms with Gasteiger partial charge in [-0.05, 0) is 43.4 Å². The summed E-state index contributed by atoms with van der Waals surface area (Å²) in [6, 6.07) is 15.2. The lowest BCUT2D eigenvalue weighted by Crippen LogP contribution is -2.58. The molecule has 188 valence electrons. The normalized spacial score (nSPS) is 18.7. The fourth-order valence-corrected chi connectivity index (χ4v) is 5.50. The van der Waals surface area contributed by atoms with E-state index in [0.29, 0.717) is 49.2 Å². The van der Waals surface area contributed by atoms with E-state index in [1.54, 1.807) is 26.4 Å². The first-order valence-electron chi connectivity index (χ1n) is 12.6. The zero-order valence-corrected chi connectivity index (χ0v) is 21.0. The maximum absolute atomic E-state index is 13.6. The van der Waals surface area contributed by atoms with E-state index in [9.17, 15) is 9.59 Å². The Morgan fingerprint density at radius 1 is 0.886 bits per heavy atom. The second kappa shape index (κ2) is 11.6. The Hall–Kier alpha value is -3.06. The van der Waals surface area contributed by atoms with Crippen LogP contribution < -0.4 is 14.8 Å². The van der Waals surface area contributed by atoms with E-state index in [2.05, 4.69) is 10.2 Å². The Balaban J connectivity index is 1.45. The predicted molar refractivity (Wildman–Crippen MR) is 136 cm³/mol. The molecule has 0 radical (unpaired) electrons. The first kappa shape index (κ1) is 25.0. The Bertz CT molecular complexity index is 976. The van der Waals surface area contributed by atoms with Crippen molar-refractivity contribution in [3.8, 4) is 11.5 Å². The lowest BCUT2D eigenvalue weighted by molar-refractivity contribution is -0.129. The topological polar surface area (TPSA) is 71.1 Å². The zero-order chi connectivity index (χ0) is 24.8. The molecule has 1 saturated heterocycles. The van der Waals surface area contributed by atoms with Crippen LogP contribution in [0.5, 0.6) is 11.5 Å². The number of hydrogen-bond donors (Lipinski definition) is 1. The van der Waals surface area contributed by atoms with Crippen molar-refractivity contribution in [1.29, 1.82) is 0 Å². The molecule has 35 heavy (non-hydrogen) atoms. The number of carbonyl (C=O) groups excluding carboxylic acids is 2. The van der Waals surface area contributed by atoms with Crippen molar-refractivity contribution in [2.45, 2.75) is 44.7 Å². The standard InChI is InChI=1S/C28H37N3O4/c1-20(21-10-5-4-6-11-21)29-27(32)26(22-12-7-8-13-22)30-16-18-31(19-17-30)28(33)25-23(34-2)14-9-15-24(25)35-3/h4-6,9-11,14-15,20,22,26H,7-8,12-13,16-19H2,1-3H3,(H,29,32). The van der Waals surface area contributed by atoms with Crippen molar-refractivity contribution in [2.24, 2.45) is 5.92 Å². The van der Waals surface area contributed by atoms with E-state index >= 15 is 0 Å². The van der Waals surface area contributed by atoms with E-state index in [-0.39, 0.29) is 23.9 Å². The lowest BCUT2D eigenvalue weighted by Gasteiger charge is -2.41. The average Bonchev–Trinajstić information content (AvgIpc) is 3.43. The van der Waals surface area contributed by atoms with Crippen molar-refractivity contribution in [3.05, 3.63) is 59.7 Å². The summed E-state index contributed by atoms with van der Waals surface area (Å²) in [6.45, 7) is 4.49. The first-order chi connectivity index (χ1) is 17.0. The molecule has 7 heteroatoms. The number of nitrogens with one attached hydrogen (secondary N) is 1. The molecule has 2 aromatic rings. The summed E-state index contributed by atoms with van der Waals surface area (Å²) in [6.07, 6.45) is 4.51. The molecule has 2 amide bonds. The summed E-state index contributed by atoms with van der Waals surface area (Å²) < 4.78 is 10.9. The molecule has 1 saturated carbocycles. The fraction of sp³-hybridized carbons (Fsp3) is 0.500. The van der Waals surface area contributed by atoms with Gasteiger partial charge in [-0.2, -0.15) is 0 Å². The number of ether oxygens (including phenoxy) is 2. The Morgan fingerprint density at radius 2 is 1.49 bits per heavy atom. The fourth-order valence-electron chi connectivity index (χ4n) is 5.50. The number of benzene rings is 2. The van der Waals surface area contributed by atoms with Crippen molar-refractivity contribution in [1.82, 2.24) is 15.1 Å². The molecule has 2 atom stereocenters. The van der Waals surface area contributed by atoms with Crippen LogP contribution in [0.1, 0.15) is 54.6 Å². The molecular formula is C28H37N3O4. The van der Waals surface area contributed by atoms with Gasteiger partial charge in [-0.15, -0.1) is 0 Å². The van der Waals surface area contributed by atoms with E-state index in [4.69, 9.17) is 9.47 Å². The molecule has 0 aromatic heterocycles. The van der Waals surface area contributed by atoms with Gasteiger partial charge < -0.3 is 19.7 Å². The molecule has 0 bridgehead atoms. The molecule has 1 heterocycles. The lowest BCUT2D eigenvalue weighted by atomic mass is 9.94. The van der Waals surface area contributed by atoms with Gasteiger partial charge in [0.15, 0.2) is 0 Å². The SMILES string of the molecule is COc1cccc(OC)c1C(=O)N1CCN(C(C(=O)NC(C)c2ccccc2)C2CCCC2)CC1. The number of piperazine rings is 1. The van der Waals surface area contributed by atoms with Gasteiger partial charge in [0, 0.05) is 26.2 Å². The molecule has 2 fully saturated rings. The van der Waals surface area contributed by atoms with Crippen LogP contribution in [0, 0.1) is 5.92 Å². The Labute approximate surface area is 208 Å². The highest BCUT2D eigenvalue weighted by atomic mass is 16.5. The van der Waals surface area contributed by atoms with Crippen molar-refractivity contribution >= 4 is 11.8 Å². The van der Waals surface area contributed by atoms with Crippen LogP contribution in [0.4, 0.5) is 0 Å². The maximum Gasteiger partial charge on any atom is 0.261 e. The molecule has 1 aliphatic heterocycles. The number of methoxy groups -OCH3 is 2. The maximum atomic E-state index is 13.6. The molecule has 7 nitrogen and oxygen atoms in total. The van der Waals surface area contributed by atoms with Crippen LogP contribution in [0.2, 0.25) is 0 Å². The molecular weight excluding hydrogens is 442 g/mol. The van der Waals surface area contributed by atoms with Crippen LogP contribution in [0.15, 0.2) is 48.5 Å². The number of nitrogens with zero attached hydrogens (tertiary/aromatic N) is 2. The summed E-state index contributed by atoms with van der Waals surface area (Å²) in [5.41, 5.74) is 1.56. The molecule has 4 rings (SSSR count). The molecule has 2 aromatic carbocycles. The van der Waals surface area contributed by atoms with Gasteiger partial charge in [-0.3, -0.25) is 14.5 Å². The minimum absolute atomic E-state index is 0.0477. The molecule has 2 aliphatic rings. The summed E-state index contributed by atoms with van der Waals surface area (Å²) >= 11 is 0. The highest BCUT2D eigenvalue weighted by Crippen LogP contribution is 2.33. The van der Waals surface area contributed by atoms with Crippen molar-refractivity contribution in [2.75, 3.05) is 40.4 Å². The number of amides is 2. The summed E-state index contributed by atoms with van der Waals surface area (Å²) in [5, 5.41) is 3.27. The van der Waals surface area contributed by atoms with E-state index in [0.717, 1.165) is 18.4 Å². The second-order valence-corrected chi connectivity index (χ2v) is 9.50. The predicted octanol–water partition coefficient (Wildman–Crippen LogP) is 3.90. The quantitative estimate of drug-likeness (QED) is 0.622. The summed E-state index contributed by atoms with van der Waals surface area (Å²) in [4.78, 5) is 31.1. The van der Waals surface area contributed by atoms with E-state index in [1.807, 2.05) is 48.2 Å².